The number of hydrogen-bond donors (Lipinski definition) is 0. The van der Waals surface area contributed by atoms with Gasteiger partial charge >= 0.3 is 0 Å². The lowest BCUT2D eigenvalue weighted by molar-refractivity contribution is -0.141. The van der Waals surface area contributed by atoms with Crippen molar-refractivity contribution in [2.24, 2.45) is 0 Å². The van der Waals surface area contributed by atoms with Crippen molar-refractivity contribution in [3.8, 4) is 5.75 Å². The molecule has 2 atom stereocenters. The monoisotopic (exact) mass is 268 g/mol. The molecule has 2 rings (SSSR count). The number of halogens is 1. The Balaban J connectivity index is 2.27. The van der Waals surface area contributed by atoms with Gasteiger partial charge in [0.15, 0.2) is 5.79 Å². The van der Waals surface area contributed by atoms with Crippen LogP contribution in [0.5, 0.6) is 5.75 Å². The highest BCUT2D eigenvalue weighted by molar-refractivity contribution is 5.37. The molecule has 1 saturated heterocycles. The van der Waals surface area contributed by atoms with Crippen molar-refractivity contribution in [3.05, 3.63) is 29.6 Å². The summed E-state index contributed by atoms with van der Waals surface area (Å²) in [5.74, 6) is -0.136. The summed E-state index contributed by atoms with van der Waals surface area (Å²) in [6, 6.07) is 4.65. The Morgan fingerprint density at radius 2 is 2.21 bits per heavy atom. The fourth-order valence-corrected chi connectivity index (χ4v) is 2.59. The van der Waals surface area contributed by atoms with E-state index in [-0.39, 0.29) is 17.8 Å². The Labute approximate surface area is 113 Å². The summed E-state index contributed by atoms with van der Waals surface area (Å²) < 4.78 is 30.1. The van der Waals surface area contributed by atoms with E-state index >= 15 is 0 Å². The Hall–Kier alpha value is -1.13. The molecule has 0 N–H and O–H groups in total. The van der Waals surface area contributed by atoms with Crippen LogP contribution in [0.4, 0.5) is 4.39 Å². The van der Waals surface area contributed by atoms with Crippen molar-refractivity contribution < 1.29 is 18.6 Å². The summed E-state index contributed by atoms with van der Waals surface area (Å²) in [5, 5.41) is 0. The number of methoxy groups -OCH3 is 1. The van der Waals surface area contributed by atoms with Crippen LogP contribution in [0.3, 0.4) is 0 Å². The molecule has 1 heterocycles. The molecule has 3 nitrogen and oxygen atoms in total. The van der Waals surface area contributed by atoms with Crippen LogP contribution in [0, 0.1) is 5.82 Å². The first-order chi connectivity index (χ1) is 8.96. The van der Waals surface area contributed by atoms with Crippen LogP contribution < -0.4 is 4.74 Å². The van der Waals surface area contributed by atoms with Crippen molar-refractivity contribution in [1.29, 1.82) is 0 Å². The predicted molar refractivity (Wildman–Crippen MR) is 70.9 cm³/mol. The molecule has 0 bridgehead atoms. The second kappa shape index (κ2) is 5.47. The van der Waals surface area contributed by atoms with E-state index in [4.69, 9.17) is 14.2 Å². The van der Waals surface area contributed by atoms with Crippen LogP contribution in [-0.4, -0.2) is 25.6 Å². The van der Waals surface area contributed by atoms with E-state index < -0.39 is 5.79 Å². The van der Waals surface area contributed by atoms with Crippen molar-refractivity contribution in [3.63, 3.8) is 0 Å². The normalized spacial score (nSPS) is 23.3. The quantitative estimate of drug-likeness (QED) is 0.836. The van der Waals surface area contributed by atoms with E-state index in [1.165, 1.54) is 12.1 Å². The van der Waals surface area contributed by atoms with Gasteiger partial charge < -0.3 is 14.2 Å². The first-order valence-corrected chi connectivity index (χ1v) is 6.62. The van der Waals surface area contributed by atoms with Crippen LogP contribution in [0.15, 0.2) is 18.2 Å². The van der Waals surface area contributed by atoms with E-state index in [0.717, 1.165) is 12.0 Å². The average molecular weight is 268 g/mol. The minimum Gasteiger partial charge on any atom is -0.496 e. The van der Waals surface area contributed by atoms with E-state index in [0.29, 0.717) is 12.4 Å². The molecule has 1 aliphatic heterocycles. The maximum atomic E-state index is 13.3. The zero-order chi connectivity index (χ0) is 14.0. The third-order valence-electron chi connectivity index (χ3n) is 3.51. The molecule has 106 valence electrons. The summed E-state index contributed by atoms with van der Waals surface area (Å²) in [4.78, 5) is 0. The first-order valence-electron chi connectivity index (χ1n) is 6.62. The Morgan fingerprint density at radius 1 is 1.47 bits per heavy atom. The third kappa shape index (κ3) is 3.07. The predicted octanol–water partition coefficient (Wildman–Crippen LogP) is 3.48. The molecule has 1 aliphatic rings. The first kappa shape index (κ1) is 14.3. The molecule has 4 heteroatoms. The summed E-state index contributed by atoms with van der Waals surface area (Å²) in [6.45, 7) is 6.44. The molecule has 19 heavy (non-hydrogen) atoms. The highest BCUT2D eigenvalue weighted by Crippen LogP contribution is 2.38. The minimum absolute atomic E-state index is 0.0284. The molecular weight excluding hydrogens is 247 g/mol. The zero-order valence-electron chi connectivity index (χ0n) is 11.9. The van der Waals surface area contributed by atoms with Crippen LogP contribution in [0.1, 0.15) is 38.7 Å². The van der Waals surface area contributed by atoms with Gasteiger partial charge in [-0.3, -0.25) is 0 Å². The SMILES string of the molecule is CC[C@@H](c1ccc(F)cc1OC)[C@H]1COC(C)(C)O1. The summed E-state index contributed by atoms with van der Waals surface area (Å²) >= 11 is 0. The molecule has 1 fully saturated rings. The molecule has 0 saturated carbocycles. The van der Waals surface area contributed by atoms with E-state index in [2.05, 4.69) is 6.92 Å². The van der Waals surface area contributed by atoms with Gasteiger partial charge in [-0.1, -0.05) is 13.0 Å². The second-order valence-corrected chi connectivity index (χ2v) is 5.27. The lowest BCUT2D eigenvalue weighted by Crippen LogP contribution is -2.25. The van der Waals surface area contributed by atoms with Gasteiger partial charge in [0.25, 0.3) is 0 Å². The summed E-state index contributed by atoms with van der Waals surface area (Å²) in [7, 11) is 1.56. The minimum atomic E-state index is -0.550. The second-order valence-electron chi connectivity index (χ2n) is 5.27. The highest BCUT2D eigenvalue weighted by Gasteiger charge is 2.38. The number of benzene rings is 1. The molecule has 0 unspecified atom stereocenters. The van der Waals surface area contributed by atoms with Gasteiger partial charge in [0.2, 0.25) is 0 Å². The summed E-state index contributed by atoms with van der Waals surface area (Å²) in [6.07, 6.45) is 0.853. The molecule has 1 aromatic carbocycles. The highest BCUT2D eigenvalue weighted by atomic mass is 19.1. The van der Waals surface area contributed by atoms with E-state index in [1.807, 2.05) is 13.8 Å². The summed E-state index contributed by atoms with van der Waals surface area (Å²) in [5.41, 5.74) is 0.970. The number of ether oxygens (including phenoxy) is 3. The number of rotatable bonds is 4. The average Bonchev–Trinajstić information content (AvgIpc) is 2.72. The van der Waals surface area contributed by atoms with E-state index in [9.17, 15) is 4.39 Å². The van der Waals surface area contributed by atoms with Crippen molar-refractivity contribution in [2.75, 3.05) is 13.7 Å². The largest absolute Gasteiger partial charge is 0.496 e. The standard InChI is InChI=1S/C15H21FO3/c1-5-11(14-9-18-15(2,3)19-14)12-7-6-10(16)8-13(12)17-4/h6-8,11,14H,5,9H2,1-4H3/t11-,14+/m0/s1. The van der Waals surface area contributed by atoms with Gasteiger partial charge in [-0.25, -0.2) is 4.39 Å². The van der Waals surface area contributed by atoms with E-state index in [1.54, 1.807) is 13.2 Å². The lowest BCUT2D eigenvalue weighted by atomic mass is 9.90. The maximum Gasteiger partial charge on any atom is 0.163 e. The lowest BCUT2D eigenvalue weighted by Gasteiger charge is -2.25. The van der Waals surface area contributed by atoms with Crippen molar-refractivity contribution >= 4 is 0 Å². The molecule has 0 aliphatic carbocycles. The van der Waals surface area contributed by atoms with Crippen LogP contribution in [0.2, 0.25) is 0 Å². The van der Waals surface area contributed by atoms with Crippen LogP contribution >= 0.6 is 0 Å². The maximum absolute atomic E-state index is 13.3. The van der Waals surface area contributed by atoms with Gasteiger partial charge in [0.05, 0.1) is 19.8 Å². The van der Waals surface area contributed by atoms with Gasteiger partial charge in [-0.15, -0.1) is 0 Å². The van der Waals surface area contributed by atoms with Gasteiger partial charge in [0.1, 0.15) is 11.6 Å². The smallest absolute Gasteiger partial charge is 0.163 e. The fourth-order valence-electron chi connectivity index (χ4n) is 2.59. The van der Waals surface area contributed by atoms with Crippen LogP contribution in [-0.2, 0) is 9.47 Å². The molecular formula is C15H21FO3. The molecule has 0 radical (unpaired) electrons. The Bertz CT molecular complexity index is 445. The van der Waals surface area contributed by atoms with Gasteiger partial charge in [0, 0.05) is 17.5 Å². The van der Waals surface area contributed by atoms with Crippen molar-refractivity contribution in [2.45, 2.75) is 45.0 Å². The fraction of sp³-hybridized carbons (Fsp3) is 0.600. The van der Waals surface area contributed by atoms with Crippen LogP contribution in [0.25, 0.3) is 0 Å². The van der Waals surface area contributed by atoms with Gasteiger partial charge in [-0.05, 0) is 26.3 Å². The third-order valence-corrected chi connectivity index (χ3v) is 3.51. The molecule has 0 spiro atoms. The number of hydrogen-bond acceptors (Lipinski definition) is 3. The molecule has 0 aromatic heterocycles. The Kier molecular flexibility index (Phi) is 4.11. The topological polar surface area (TPSA) is 27.7 Å². The zero-order valence-corrected chi connectivity index (χ0v) is 11.9. The van der Waals surface area contributed by atoms with Crippen molar-refractivity contribution in [1.82, 2.24) is 0 Å². The Morgan fingerprint density at radius 3 is 2.74 bits per heavy atom. The van der Waals surface area contributed by atoms with Gasteiger partial charge in [-0.2, -0.15) is 0 Å². The molecule has 0 amide bonds. The molecule has 1 aromatic rings.